The number of halogens is 1. The third-order valence-electron chi connectivity index (χ3n) is 3.59. The molecule has 0 bridgehead atoms. The molecule has 1 heterocycles. The zero-order chi connectivity index (χ0) is 14.4. The molecule has 1 fully saturated rings. The van der Waals surface area contributed by atoms with Crippen molar-refractivity contribution >= 4 is 21.8 Å². The quantitative estimate of drug-likeness (QED) is 0.816. The molecule has 1 aromatic rings. The van der Waals surface area contributed by atoms with Crippen LogP contribution in [0.5, 0.6) is 5.75 Å². The van der Waals surface area contributed by atoms with Gasteiger partial charge in [-0.1, -0.05) is 19.4 Å². The van der Waals surface area contributed by atoms with Crippen molar-refractivity contribution in [3.05, 3.63) is 28.2 Å². The second kappa shape index (κ2) is 7.67. The smallest absolute Gasteiger partial charge is 0.260 e. The lowest BCUT2D eigenvalue weighted by Gasteiger charge is -2.26. The maximum atomic E-state index is 12.0. The normalized spacial score (nSPS) is 15.2. The Balaban J connectivity index is 1.88. The molecule has 1 aliphatic rings. The van der Waals surface area contributed by atoms with E-state index in [0.29, 0.717) is 0 Å². The largest absolute Gasteiger partial charge is 0.483 e. The van der Waals surface area contributed by atoms with Crippen molar-refractivity contribution in [1.82, 2.24) is 4.90 Å². The highest BCUT2D eigenvalue weighted by Gasteiger charge is 2.17. The fourth-order valence-electron chi connectivity index (χ4n) is 2.48. The van der Waals surface area contributed by atoms with Gasteiger partial charge in [-0.3, -0.25) is 4.79 Å². The van der Waals surface area contributed by atoms with Crippen LogP contribution >= 0.6 is 15.9 Å². The van der Waals surface area contributed by atoms with Gasteiger partial charge in [-0.15, -0.1) is 0 Å². The van der Waals surface area contributed by atoms with Crippen molar-refractivity contribution in [2.45, 2.75) is 39.0 Å². The number of aryl methyl sites for hydroxylation is 1. The topological polar surface area (TPSA) is 29.5 Å². The molecule has 0 aromatic heterocycles. The molecule has 0 aliphatic carbocycles. The molecular weight excluding hydrogens is 318 g/mol. The summed E-state index contributed by atoms with van der Waals surface area (Å²) in [6.07, 6.45) is 5.64. The zero-order valence-corrected chi connectivity index (χ0v) is 13.6. The van der Waals surface area contributed by atoms with Gasteiger partial charge in [-0.25, -0.2) is 0 Å². The van der Waals surface area contributed by atoms with Crippen LogP contribution in [-0.4, -0.2) is 30.5 Å². The van der Waals surface area contributed by atoms with E-state index in [9.17, 15) is 4.79 Å². The number of nitrogens with zero attached hydrogens (tertiary/aromatic N) is 1. The first-order valence-corrected chi connectivity index (χ1v) is 8.19. The highest BCUT2D eigenvalue weighted by atomic mass is 79.9. The fourth-order valence-corrected chi connectivity index (χ4v) is 3.02. The third-order valence-corrected chi connectivity index (χ3v) is 4.21. The van der Waals surface area contributed by atoms with Gasteiger partial charge in [-0.2, -0.15) is 0 Å². The second-order valence-electron chi connectivity index (χ2n) is 5.24. The van der Waals surface area contributed by atoms with Crippen LogP contribution < -0.4 is 4.74 Å². The molecule has 0 atom stereocenters. The van der Waals surface area contributed by atoms with Gasteiger partial charge < -0.3 is 9.64 Å². The number of rotatable bonds is 5. The van der Waals surface area contributed by atoms with Crippen LogP contribution in [0.15, 0.2) is 22.7 Å². The summed E-state index contributed by atoms with van der Waals surface area (Å²) >= 11 is 3.51. The number of ether oxygens (including phenoxy) is 1. The first-order valence-electron chi connectivity index (χ1n) is 7.39. The number of piperidine rings is 1. The van der Waals surface area contributed by atoms with Crippen molar-refractivity contribution in [2.75, 3.05) is 19.7 Å². The van der Waals surface area contributed by atoms with E-state index in [1.165, 1.54) is 12.0 Å². The summed E-state index contributed by atoms with van der Waals surface area (Å²) in [5.74, 6) is 0.837. The summed E-state index contributed by atoms with van der Waals surface area (Å²) in [4.78, 5) is 13.9. The Kier molecular flexibility index (Phi) is 5.89. The Morgan fingerprint density at radius 3 is 2.70 bits per heavy atom. The van der Waals surface area contributed by atoms with Crippen molar-refractivity contribution in [2.24, 2.45) is 0 Å². The first kappa shape index (κ1) is 15.4. The molecule has 1 aromatic carbocycles. The molecular formula is C16H22BrNO2. The van der Waals surface area contributed by atoms with E-state index < -0.39 is 0 Å². The molecule has 1 saturated heterocycles. The molecule has 3 nitrogen and oxygen atoms in total. The lowest BCUT2D eigenvalue weighted by molar-refractivity contribution is -0.134. The molecule has 0 radical (unpaired) electrons. The molecule has 1 aliphatic heterocycles. The number of hydrogen-bond acceptors (Lipinski definition) is 2. The SMILES string of the molecule is CCCc1ccc(OCC(=O)N2CCCCC2)c(Br)c1. The van der Waals surface area contributed by atoms with Gasteiger partial charge in [0.1, 0.15) is 5.75 Å². The molecule has 0 saturated carbocycles. The molecule has 1 amide bonds. The lowest BCUT2D eigenvalue weighted by Crippen LogP contribution is -2.38. The predicted molar refractivity (Wildman–Crippen MR) is 84.1 cm³/mol. The third kappa shape index (κ3) is 4.23. The Bertz CT molecular complexity index is 456. The van der Waals surface area contributed by atoms with Crippen LogP contribution in [0.1, 0.15) is 38.2 Å². The minimum Gasteiger partial charge on any atom is -0.483 e. The summed E-state index contributed by atoms with van der Waals surface area (Å²) in [6.45, 7) is 4.04. The van der Waals surface area contributed by atoms with Crippen LogP contribution in [0.2, 0.25) is 0 Å². The second-order valence-corrected chi connectivity index (χ2v) is 6.10. The van der Waals surface area contributed by atoms with Gasteiger partial charge in [-0.05, 0) is 59.3 Å². The van der Waals surface area contributed by atoms with Gasteiger partial charge in [0.25, 0.3) is 5.91 Å². The lowest BCUT2D eigenvalue weighted by atomic mass is 10.1. The van der Waals surface area contributed by atoms with Crippen LogP contribution in [0.3, 0.4) is 0 Å². The van der Waals surface area contributed by atoms with Crippen molar-refractivity contribution in [3.8, 4) is 5.75 Å². The fraction of sp³-hybridized carbons (Fsp3) is 0.562. The molecule has 110 valence electrons. The van der Waals surface area contributed by atoms with Gasteiger partial charge in [0.2, 0.25) is 0 Å². The number of carbonyl (C=O) groups excluding carboxylic acids is 1. The summed E-state index contributed by atoms with van der Waals surface area (Å²) in [6, 6.07) is 6.08. The maximum Gasteiger partial charge on any atom is 0.260 e. The van der Waals surface area contributed by atoms with Crippen LogP contribution in [0, 0.1) is 0 Å². The van der Waals surface area contributed by atoms with Crippen molar-refractivity contribution in [1.29, 1.82) is 0 Å². The average Bonchev–Trinajstić information content (AvgIpc) is 2.47. The number of likely N-dealkylation sites (tertiary alicyclic amines) is 1. The zero-order valence-electron chi connectivity index (χ0n) is 12.0. The van der Waals surface area contributed by atoms with Crippen LogP contribution in [0.4, 0.5) is 0 Å². The Morgan fingerprint density at radius 1 is 1.30 bits per heavy atom. The Hall–Kier alpha value is -1.03. The van der Waals surface area contributed by atoms with E-state index in [0.717, 1.165) is 49.0 Å². The van der Waals surface area contributed by atoms with Crippen molar-refractivity contribution in [3.63, 3.8) is 0 Å². The Labute approximate surface area is 129 Å². The van der Waals surface area contributed by atoms with Crippen LogP contribution in [0.25, 0.3) is 0 Å². The summed E-state index contributed by atoms with van der Waals surface area (Å²) < 4.78 is 6.57. The van der Waals surface area contributed by atoms with E-state index in [1.54, 1.807) is 0 Å². The van der Waals surface area contributed by atoms with Gasteiger partial charge >= 0.3 is 0 Å². The van der Waals surface area contributed by atoms with Gasteiger partial charge in [0, 0.05) is 13.1 Å². The number of hydrogen-bond donors (Lipinski definition) is 0. The van der Waals surface area contributed by atoms with E-state index in [2.05, 4.69) is 35.0 Å². The molecule has 0 unspecified atom stereocenters. The summed E-state index contributed by atoms with van der Waals surface area (Å²) in [5.41, 5.74) is 1.29. The van der Waals surface area contributed by atoms with Crippen molar-refractivity contribution < 1.29 is 9.53 Å². The highest BCUT2D eigenvalue weighted by molar-refractivity contribution is 9.10. The average molecular weight is 340 g/mol. The minimum absolute atomic E-state index is 0.0919. The summed E-state index contributed by atoms with van der Waals surface area (Å²) in [5, 5.41) is 0. The molecule has 20 heavy (non-hydrogen) atoms. The Morgan fingerprint density at radius 2 is 2.05 bits per heavy atom. The van der Waals surface area contributed by atoms with E-state index in [1.807, 2.05) is 11.0 Å². The van der Waals surface area contributed by atoms with E-state index in [4.69, 9.17) is 4.74 Å². The monoisotopic (exact) mass is 339 g/mol. The molecule has 0 spiro atoms. The highest BCUT2D eigenvalue weighted by Crippen LogP contribution is 2.26. The molecule has 2 rings (SSSR count). The summed E-state index contributed by atoms with van der Waals surface area (Å²) in [7, 11) is 0. The van der Waals surface area contributed by atoms with E-state index in [-0.39, 0.29) is 12.5 Å². The van der Waals surface area contributed by atoms with Gasteiger partial charge in [0.15, 0.2) is 6.61 Å². The van der Waals surface area contributed by atoms with Crippen LogP contribution in [-0.2, 0) is 11.2 Å². The predicted octanol–water partition coefficient (Wildman–Crippen LogP) is 3.79. The number of benzene rings is 1. The minimum atomic E-state index is 0.0919. The number of carbonyl (C=O) groups is 1. The number of amides is 1. The maximum absolute atomic E-state index is 12.0. The first-order chi connectivity index (χ1) is 9.70. The standard InChI is InChI=1S/C16H22BrNO2/c1-2-6-13-7-8-15(14(17)11-13)20-12-16(19)18-9-4-3-5-10-18/h7-8,11H,2-6,9-10,12H2,1H3. The molecule has 4 heteroatoms. The van der Waals surface area contributed by atoms with Gasteiger partial charge in [0.05, 0.1) is 4.47 Å². The molecule has 0 N–H and O–H groups in total. The van der Waals surface area contributed by atoms with E-state index >= 15 is 0 Å².